The Bertz CT molecular complexity index is 1130. The zero-order valence-corrected chi connectivity index (χ0v) is 16.3. The number of nitrogens with zero attached hydrogens (tertiary/aromatic N) is 3. The average molecular weight is 405 g/mol. The summed E-state index contributed by atoms with van der Waals surface area (Å²) in [5.41, 5.74) is 3.41. The van der Waals surface area contributed by atoms with Crippen LogP contribution in [0.15, 0.2) is 54.9 Å². The van der Waals surface area contributed by atoms with Crippen LogP contribution in [-0.4, -0.2) is 52.5 Å². The standard InChI is InChI=1S/C22H19N3O5/c1-29-22(28)19-11-14-4-2-3-5-16(14)12-25(19)20(26)13-30-21(27)15-6-7-17-18(10-15)24-9-8-23-17/h2-10,19H,11-13H2,1H3/t19-/m1/s1. The smallest absolute Gasteiger partial charge is 0.338 e. The van der Waals surface area contributed by atoms with Gasteiger partial charge in [0.1, 0.15) is 6.04 Å². The molecule has 1 atom stereocenters. The number of aromatic nitrogens is 2. The molecule has 1 aliphatic heterocycles. The zero-order chi connectivity index (χ0) is 21.1. The molecule has 0 N–H and O–H groups in total. The van der Waals surface area contributed by atoms with Crippen molar-refractivity contribution in [2.75, 3.05) is 13.7 Å². The first-order valence-electron chi connectivity index (χ1n) is 9.39. The molecule has 3 aromatic rings. The molecule has 2 aromatic carbocycles. The minimum atomic E-state index is -0.757. The maximum Gasteiger partial charge on any atom is 0.338 e. The van der Waals surface area contributed by atoms with Gasteiger partial charge in [-0.15, -0.1) is 0 Å². The summed E-state index contributed by atoms with van der Waals surface area (Å²) in [6, 6.07) is 11.6. The molecule has 4 rings (SSSR count). The van der Waals surface area contributed by atoms with Crippen molar-refractivity contribution >= 4 is 28.9 Å². The molecular weight excluding hydrogens is 386 g/mol. The number of methoxy groups -OCH3 is 1. The van der Waals surface area contributed by atoms with Crippen LogP contribution in [0.4, 0.5) is 0 Å². The second-order valence-electron chi connectivity index (χ2n) is 6.87. The summed E-state index contributed by atoms with van der Waals surface area (Å²) in [5, 5.41) is 0. The monoisotopic (exact) mass is 405 g/mol. The molecule has 0 unspecified atom stereocenters. The third-order valence-electron chi connectivity index (χ3n) is 5.07. The Balaban J connectivity index is 1.47. The van der Waals surface area contributed by atoms with Gasteiger partial charge in [0, 0.05) is 25.4 Å². The van der Waals surface area contributed by atoms with Crippen molar-refractivity contribution in [3.8, 4) is 0 Å². The van der Waals surface area contributed by atoms with E-state index in [0.717, 1.165) is 11.1 Å². The Morgan fingerprint density at radius 3 is 2.53 bits per heavy atom. The Morgan fingerprint density at radius 1 is 1.03 bits per heavy atom. The Morgan fingerprint density at radius 2 is 1.77 bits per heavy atom. The maximum atomic E-state index is 12.8. The molecule has 0 saturated carbocycles. The molecule has 0 bridgehead atoms. The van der Waals surface area contributed by atoms with Crippen LogP contribution in [0.5, 0.6) is 0 Å². The number of benzene rings is 2. The topological polar surface area (TPSA) is 98.7 Å². The molecule has 2 heterocycles. The lowest BCUT2D eigenvalue weighted by Crippen LogP contribution is -2.50. The molecule has 1 amide bonds. The van der Waals surface area contributed by atoms with Crippen LogP contribution < -0.4 is 0 Å². The first-order chi connectivity index (χ1) is 14.6. The van der Waals surface area contributed by atoms with Crippen LogP contribution in [0.25, 0.3) is 11.0 Å². The summed E-state index contributed by atoms with van der Waals surface area (Å²) in [6.07, 6.45) is 3.45. The average Bonchev–Trinajstić information content (AvgIpc) is 2.80. The van der Waals surface area contributed by atoms with Crippen LogP contribution in [0, 0.1) is 0 Å². The van der Waals surface area contributed by atoms with Crippen LogP contribution in [-0.2, 0) is 32.0 Å². The van der Waals surface area contributed by atoms with Gasteiger partial charge in [-0.05, 0) is 29.3 Å². The highest BCUT2D eigenvalue weighted by atomic mass is 16.5. The molecule has 1 aromatic heterocycles. The van der Waals surface area contributed by atoms with Gasteiger partial charge in [-0.2, -0.15) is 0 Å². The third-order valence-corrected chi connectivity index (χ3v) is 5.07. The quantitative estimate of drug-likeness (QED) is 0.612. The lowest BCUT2D eigenvalue weighted by molar-refractivity contribution is -0.155. The van der Waals surface area contributed by atoms with Gasteiger partial charge in [-0.3, -0.25) is 14.8 Å². The van der Waals surface area contributed by atoms with Gasteiger partial charge in [0.25, 0.3) is 5.91 Å². The molecule has 0 fully saturated rings. The number of hydrogen-bond acceptors (Lipinski definition) is 7. The molecule has 152 valence electrons. The van der Waals surface area contributed by atoms with E-state index in [2.05, 4.69) is 9.97 Å². The first-order valence-corrected chi connectivity index (χ1v) is 9.39. The molecule has 30 heavy (non-hydrogen) atoms. The van der Waals surface area contributed by atoms with E-state index in [4.69, 9.17) is 9.47 Å². The lowest BCUT2D eigenvalue weighted by atomic mass is 9.94. The molecule has 0 aliphatic carbocycles. The fraction of sp³-hybridized carbons (Fsp3) is 0.227. The van der Waals surface area contributed by atoms with E-state index in [-0.39, 0.29) is 12.1 Å². The van der Waals surface area contributed by atoms with Crippen molar-refractivity contribution in [3.05, 3.63) is 71.5 Å². The fourth-order valence-electron chi connectivity index (χ4n) is 3.52. The van der Waals surface area contributed by atoms with Crippen molar-refractivity contribution in [1.29, 1.82) is 0 Å². The maximum absolute atomic E-state index is 12.8. The molecular formula is C22H19N3O5. The summed E-state index contributed by atoms with van der Waals surface area (Å²) in [6.45, 7) is -0.231. The second kappa shape index (κ2) is 8.28. The Hall–Kier alpha value is -3.81. The molecule has 1 aliphatic rings. The van der Waals surface area contributed by atoms with E-state index in [9.17, 15) is 14.4 Å². The molecule has 0 saturated heterocycles. The molecule has 0 radical (unpaired) electrons. The van der Waals surface area contributed by atoms with Gasteiger partial charge in [0.15, 0.2) is 6.61 Å². The van der Waals surface area contributed by atoms with Gasteiger partial charge in [0.05, 0.1) is 23.7 Å². The van der Waals surface area contributed by atoms with E-state index in [1.54, 1.807) is 24.4 Å². The van der Waals surface area contributed by atoms with Gasteiger partial charge >= 0.3 is 11.9 Å². The second-order valence-corrected chi connectivity index (χ2v) is 6.87. The van der Waals surface area contributed by atoms with E-state index in [1.807, 2.05) is 24.3 Å². The van der Waals surface area contributed by atoms with Gasteiger partial charge in [-0.1, -0.05) is 24.3 Å². The van der Waals surface area contributed by atoms with Crippen molar-refractivity contribution in [3.63, 3.8) is 0 Å². The van der Waals surface area contributed by atoms with Crippen molar-refractivity contribution < 1.29 is 23.9 Å². The van der Waals surface area contributed by atoms with Gasteiger partial charge in [0.2, 0.25) is 0 Å². The van der Waals surface area contributed by atoms with Crippen LogP contribution in [0.3, 0.4) is 0 Å². The van der Waals surface area contributed by atoms with Crippen molar-refractivity contribution in [2.45, 2.75) is 19.0 Å². The van der Waals surface area contributed by atoms with E-state index in [1.165, 1.54) is 18.2 Å². The summed E-state index contributed by atoms with van der Waals surface area (Å²) in [7, 11) is 1.29. The highest BCUT2D eigenvalue weighted by Gasteiger charge is 2.35. The first kappa shape index (κ1) is 19.5. The summed E-state index contributed by atoms with van der Waals surface area (Å²) in [5.74, 6) is -1.62. The summed E-state index contributed by atoms with van der Waals surface area (Å²) in [4.78, 5) is 47.2. The number of carbonyl (C=O) groups excluding carboxylic acids is 3. The van der Waals surface area contributed by atoms with Gasteiger partial charge < -0.3 is 14.4 Å². The van der Waals surface area contributed by atoms with E-state index >= 15 is 0 Å². The minimum absolute atomic E-state index is 0.248. The zero-order valence-electron chi connectivity index (χ0n) is 16.3. The molecule has 8 nitrogen and oxygen atoms in total. The lowest BCUT2D eigenvalue weighted by Gasteiger charge is -2.35. The SMILES string of the molecule is COC(=O)[C@H]1Cc2ccccc2CN1C(=O)COC(=O)c1ccc2nccnc2c1. The normalized spacial score (nSPS) is 15.4. The third kappa shape index (κ3) is 3.84. The van der Waals surface area contributed by atoms with E-state index in [0.29, 0.717) is 17.5 Å². The predicted molar refractivity (Wildman–Crippen MR) is 106 cm³/mol. The highest BCUT2D eigenvalue weighted by Crippen LogP contribution is 2.24. The van der Waals surface area contributed by atoms with Crippen LogP contribution >= 0.6 is 0 Å². The minimum Gasteiger partial charge on any atom is -0.467 e. The molecule has 0 spiro atoms. The van der Waals surface area contributed by atoms with Crippen molar-refractivity contribution in [2.24, 2.45) is 0 Å². The number of carbonyl (C=O) groups is 3. The Kier molecular flexibility index (Phi) is 5.38. The number of fused-ring (bicyclic) bond motifs is 2. The van der Waals surface area contributed by atoms with Crippen LogP contribution in [0.1, 0.15) is 21.5 Å². The largest absolute Gasteiger partial charge is 0.467 e. The fourth-order valence-corrected chi connectivity index (χ4v) is 3.52. The number of rotatable bonds is 4. The molecule has 8 heteroatoms. The predicted octanol–water partition coefficient (Wildman–Crippen LogP) is 1.91. The number of amides is 1. The summed E-state index contributed by atoms with van der Waals surface area (Å²) < 4.78 is 10.1. The van der Waals surface area contributed by atoms with Crippen LogP contribution in [0.2, 0.25) is 0 Å². The van der Waals surface area contributed by atoms with Gasteiger partial charge in [-0.25, -0.2) is 9.59 Å². The number of hydrogen-bond donors (Lipinski definition) is 0. The van der Waals surface area contributed by atoms with Crippen molar-refractivity contribution in [1.82, 2.24) is 14.9 Å². The Labute approximate surface area is 172 Å². The number of ether oxygens (including phenoxy) is 2. The summed E-state index contributed by atoms with van der Waals surface area (Å²) >= 11 is 0. The van der Waals surface area contributed by atoms with E-state index < -0.39 is 30.5 Å². The number of esters is 2. The highest BCUT2D eigenvalue weighted by molar-refractivity contribution is 5.95.